The molecule has 0 aliphatic carbocycles. The second-order valence-electron chi connectivity index (χ2n) is 4.46. The van der Waals surface area contributed by atoms with Crippen LogP contribution in [0.4, 0.5) is 8.78 Å². The third kappa shape index (κ3) is 3.46. The van der Waals surface area contributed by atoms with Crippen molar-refractivity contribution < 1.29 is 8.78 Å². The van der Waals surface area contributed by atoms with Gasteiger partial charge in [0, 0.05) is 22.1 Å². The fourth-order valence-corrected chi connectivity index (χ4v) is 2.41. The second kappa shape index (κ2) is 6.06. The van der Waals surface area contributed by atoms with Gasteiger partial charge in [0.1, 0.15) is 11.6 Å². The summed E-state index contributed by atoms with van der Waals surface area (Å²) in [6.45, 7) is 0. The molecular weight excluding hydrogens is 305 g/mol. The predicted molar refractivity (Wildman–Crippen MR) is 76.7 cm³/mol. The standard InChI is InChI=1S/C14H12Cl2F2N2/c15-9-1-7(3-11(17)5-9)13(19)14(20)8-2-10(16)6-12(18)4-8/h1-6,13-14H,19-20H2. The summed E-state index contributed by atoms with van der Waals surface area (Å²) in [5.74, 6) is -1.01. The maximum absolute atomic E-state index is 13.3. The molecule has 0 aliphatic rings. The molecule has 0 saturated heterocycles. The largest absolute Gasteiger partial charge is 0.322 e. The van der Waals surface area contributed by atoms with E-state index in [-0.39, 0.29) is 10.0 Å². The molecule has 6 heteroatoms. The van der Waals surface area contributed by atoms with Gasteiger partial charge in [-0.1, -0.05) is 23.2 Å². The zero-order chi connectivity index (χ0) is 14.9. The lowest BCUT2D eigenvalue weighted by Crippen LogP contribution is -2.26. The van der Waals surface area contributed by atoms with E-state index in [1.807, 2.05) is 0 Å². The minimum Gasteiger partial charge on any atom is -0.322 e. The number of nitrogens with two attached hydrogens (primary N) is 2. The molecule has 106 valence electrons. The summed E-state index contributed by atoms with van der Waals surface area (Å²) < 4.78 is 26.6. The van der Waals surface area contributed by atoms with Crippen molar-refractivity contribution in [2.45, 2.75) is 12.1 Å². The molecule has 0 spiro atoms. The van der Waals surface area contributed by atoms with E-state index in [1.54, 1.807) is 0 Å². The summed E-state index contributed by atoms with van der Waals surface area (Å²) in [6.07, 6.45) is 0. The van der Waals surface area contributed by atoms with Crippen LogP contribution in [-0.4, -0.2) is 0 Å². The van der Waals surface area contributed by atoms with E-state index in [4.69, 9.17) is 34.7 Å². The lowest BCUT2D eigenvalue weighted by molar-refractivity contribution is 0.557. The Morgan fingerprint density at radius 2 is 1.05 bits per heavy atom. The molecule has 0 bridgehead atoms. The van der Waals surface area contributed by atoms with Crippen LogP contribution in [0.25, 0.3) is 0 Å². The molecule has 2 atom stereocenters. The van der Waals surface area contributed by atoms with Gasteiger partial charge in [0.05, 0.1) is 0 Å². The zero-order valence-electron chi connectivity index (χ0n) is 10.3. The molecule has 0 radical (unpaired) electrons. The first-order valence-corrected chi connectivity index (χ1v) is 6.55. The molecule has 2 rings (SSSR count). The highest BCUT2D eigenvalue weighted by Gasteiger charge is 2.19. The number of hydrogen-bond donors (Lipinski definition) is 2. The van der Waals surface area contributed by atoms with Crippen LogP contribution < -0.4 is 11.5 Å². The first kappa shape index (κ1) is 15.2. The van der Waals surface area contributed by atoms with Gasteiger partial charge in [0.25, 0.3) is 0 Å². The summed E-state index contributed by atoms with van der Waals surface area (Å²) in [7, 11) is 0. The second-order valence-corrected chi connectivity index (χ2v) is 5.33. The molecule has 0 aromatic heterocycles. The Bertz CT molecular complexity index is 539. The zero-order valence-corrected chi connectivity index (χ0v) is 11.8. The molecule has 0 heterocycles. The number of rotatable bonds is 3. The van der Waals surface area contributed by atoms with Crippen LogP contribution >= 0.6 is 23.2 Å². The average Bonchev–Trinajstić information content (AvgIpc) is 2.34. The summed E-state index contributed by atoms with van der Waals surface area (Å²) in [5.41, 5.74) is 12.9. The number of hydrogen-bond acceptors (Lipinski definition) is 2. The highest BCUT2D eigenvalue weighted by atomic mass is 35.5. The van der Waals surface area contributed by atoms with E-state index in [9.17, 15) is 8.78 Å². The van der Waals surface area contributed by atoms with Crippen molar-refractivity contribution >= 4 is 23.2 Å². The molecule has 0 amide bonds. The van der Waals surface area contributed by atoms with Gasteiger partial charge in [0.2, 0.25) is 0 Å². The summed E-state index contributed by atoms with van der Waals surface area (Å²) >= 11 is 11.6. The molecule has 0 fully saturated rings. The van der Waals surface area contributed by atoms with Gasteiger partial charge in [-0.25, -0.2) is 8.78 Å². The number of halogens is 4. The smallest absolute Gasteiger partial charge is 0.125 e. The summed E-state index contributed by atoms with van der Waals surface area (Å²) in [6, 6.07) is 6.41. The Balaban J connectivity index is 2.34. The Labute approximate surface area is 125 Å². The van der Waals surface area contributed by atoms with E-state index >= 15 is 0 Å². The van der Waals surface area contributed by atoms with Crippen molar-refractivity contribution in [3.8, 4) is 0 Å². The van der Waals surface area contributed by atoms with E-state index in [1.165, 1.54) is 36.4 Å². The first-order chi connectivity index (χ1) is 9.36. The fourth-order valence-electron chi connectivity index (χ4n) is 1.95. The fraction of sp³-hybridized carbons (Fsp3) is 0.143. The van der Waals surface area contributed by atoms with Gasteiger partial charge >= 0.3 is 0 Å². The van der Waals surface area contributed by atoms with Crippen molar-refractivity contribution in [1.82, 2.24) is 0 Å². The van der Waals surface area contributed by atoms with Crippen molar-refractivity contribution in [1.29, 1.82) is 0 Å². The van der Waals surface area contributed by atoms with E-state index in [0.717, 1.165) is 0 Å². The summed E-state index contributed by atoms with van der Waals surface area (Å²) in [5, 5.41) is 0.444. The molecule has 2 nitrogen and oxygen atoms in total. The highest BCUT2D eigenvalue weighted by Crippen LogP contribution is 2.29. The van der Waals surface area contributed by atoms with Crippen molar-refractivity contribution in [2.75, 3.05) is 0 Å². The molecular formula is C14H12Cl2F2N2. The average molecular weight is 317 g/mol. The van der Waals surface area contributed by atoms with Crippen molar-refractivity contribution in [2.24, 2.45) is 11.5 Å². The van der Waals surface area contributed by atoms with Gasteiger partial charge in [-0.2, -0.15) is 0 Å². The molecule has 2 aromatic carbocycles. The van der Waals surface area contributed by atoms with Crippen molar-refractivity contribution in [3.05, 3.63) is 69.2 Å². The third-order valence-electron chi connectivity index (χ3n) is 2.93. The van der Waals surface area contributed by atoms with Crippen LogP contribution in [0.2, 0.25) is 10.0 Å². The van der Waals surface area contributed by atoms with Gasteiger partial charge in [-0.3, -0.25) is 0 Å². The molecule has 0 saturated carbocycles. The molecule has 4 N–H and O–H groups in total. The van der Waals surface area contributed by atoms with E-state index in [0.29, 0.717) is 11.1 Å². The van der Waals surface area contributed by atoms with Crippen LogP contribution in [0.3, 0.4) is 0 Å². The SMILES string of the molecule is NC(c1cc(F)cc(Cl)c1)C(N)c1cc(F)cc(Cl)c1. The topological polar surface area (TPSA) is 52.0 Å². The molecule has 0 aliphatic heterocycles. The number of benzene rings is 2. The van der Waals surface area contributed by atoms with Crippen LogP contribution in [0.1, 0.15) is 23.2 Å². The molecule has 20 heavy (non-hydrogen) atoms. The Morgan fingerprint density at radius 1 is 0.700 bits per heavy atom. The van der Waals surface area contributed by atoms with Gasteiger partial charge in [-0.15, -0.1) is 0 Å². The first-order valence-electron chi connectivity index (χ1n) is 5.80. The normalized spacial score (nSPS) is 14.1. The predicted octanol–water partition coefficient (Wildman–Crippen LogP) is 3.97. The molecule has 2 unspecified atom stereocenters. The molecule has 2 aromatic rings. The van der Waals surface area contributed by atoms with Gasteiger partial charge in [0.15, 0.2) is 0 Å². The lowest BCUT2D eigenvalue weighted by Gasteiger charge is -2.21. The Kier molecular flexibility index (Phi) is 4.60. The van der Waals surface area contributed by atoms with Crippen LogP contribution in [0, 0.1) is 11.6 Å². The maximum Gasteiger partial charge on any atom is 0.125 e. The highest BCUT2D eigenvalue weighted by molar-refractivity contribution is 6.30. The van der Waals surface area contributed by atoms with Crippen molar-refractivity contribution in [3.63, 3.8) is 0 Å². The van der Waals surface area contributed by atoms with Crippen LogP contribution in [0.15, 0.2) is 36.4 Å². The van der Waals surface area contributed by atoms with Crippen LogP contribution in [-0.2, 0) is 0 Å². The Morgan fingerprint density at radius 3 is 1.35 bits per heavy atom. The minimum atomic E-state index is -0.735. The van der Waals surface area contributed by atoms with Crippen LogP contribution in [0.5, 0.6) is 0 Å². The Hall–Kier alpha value is -1.20. The quantitative estimate of drug-likeness (QED) is 0.900. The third-order valence-corrected chi connectivity index (χ3v) is 3.36. The van der Waals surface area contributed by atoms with Gasteiger partial charge in [-0.05, 0) is 47.5 Å². The van der Waals surface area contributed by atoms with E-state index in [2.05, 4.69) is 0 Å². The lowest BCUT2D eigenvalue weighted by atomic mass is 9.95. The van der Waals surface area contributed by atoms with E-state index < -0.39 is 23.7 Å². The summed E-state index contributed by atoms with van der Waals surface area (Å²) in [4.78, 5) is 0. The maximum atomic E-state index is 13.3. The van der Waals surface area contributed by atoms with Gasteiger partial charge < -0.3 is 11.5 Å². The monoisotopic (exact) mass is 316 g/mol. The minimum absolute atomic E-state index is 0.222.